The van der Waals surface area contributed by atoms with Crippen molar-refractivity contribution in [3.05, 3.63) is 30.3 Å². The molecule has 0 aliphatic heterocycles. The van der Waals surface area contributed by atoms with Gasteiger partial charge in [0, 0.05) is 18.3 Å². The van der Waals surface area contributed by atoms with Crippen LogP contribution in [-0.4, -0.2) is 31.1 Å². The van der Waals surface area contributed by atoms with Crippen LogP contribution >= 0.6 is 0 Å². The zero-order valence-electron chi connectivity index (χ0n) is 9.79. The van der Waals surface area contributed by atoms with Crippen molar-refractivity contribution in [1.29, 1.82) is 0 Å². The molecule has 1 rings (SSSR count). The van der Waals surface area contributed by atoms with Gasteiger partial charge in [0.2, 0.25) is 0 Å². The van der Waals surface area contributed by atoms with Crippen molar-refractivity contribution in [2.75, 3.05) is 31.5 Å². The summed E-state index contributed by atoms with van der Waals surface area (Å²) in [4.78, 5) is 2.44. The number of anilines is 1. The van der Waals surface area contributed by atoms with Crippen LogP contribution in [0.2, 0.25) is 0 Å². The number of benzene rings is 1. The van der Waals surface area contributed by atoms with E-state index in [4.69, 9.17) is 0 Å². The van der Waals surface area contributed by atoms with Crippen LogP contribution in [0, 0.1) is 6.07 Å². The SMILES string of the molecule is CCN(CC)CCCNc1[c]cccc1. The average Bonchev–Trinajstić information content (AvgIpc) is 2.31. The van der Waals surface area contributed by atoms with Crippen molar-refractivity contribution in [2.45, 2.75) is 20.3 Å². The van der Waals surface area contributed by atoms with E-state index in [0.717, 1.165) is 25.3 Å². The summed E-state index contributed by atoms with van der Waals surface area (Å²) in [6, 6.07) is 11.2. The quantitative estimate of drug-likeness (QED) is 0.688. The molecule has 1 aromatic rings. The van der Waals surface area contributed by atoms with E-state index in [1.165, 1.54) is 13.0 Å². The van der Waals surface area contributed by atoms with E-state index >= 15 is 0 Å². The van der Waals surface area contributed by atoms with Crippen LogP contribution in [0.1, 0.15) is 20.3 Å². The molecular formula is C13H21N2. The maximum Gasteiger partial charge on any atom is 0.0420 e. The van der Waals surface area contributed by atoms with E-state index < -0.39 is 0 Å². The van der Waals surface area contributed by atoms with Gasteiger partial charge in [0.15, 0.2) is 0 Å². The van der Waals surface area contributed by atoms with Crippen molar-refractivity contribution < 1.29 is 0 Å². The van der Waals surface area contributed by atoms with Gasteiger partial charge in [-0.1, -0.05) is 32.0 Å². The summed E-state index contributed by atoms with van der Waals surface area (Å²) in [5, 5.41) is 3.37. The molecule has 15 heavy (non-hydrogen) atoms. The van der Waals surface area contributed by atoms with Crippen LogP contribution in [0.4, 0.5) is 5.69 Å². The van der Waals surface area contributed by atoms with Crippen molar-refractivity contribution in [2.24, 2.45) is 0 Å². The summed E-state index contributed by atoms with van der Waals surface area (Å²) in [5.41, 5.74) is 1.09. The van der Waals surface area contributed by atoms with Crippen LogP contribution < -0.4 is 5.32 Å². The highest BCUT2D eigenvalue weighted by Gasteiger charge is 1.97. The molecule has 0 aliphatic rings. The molecule has 0 aliphatic carbocycles. The van der Waals surface area contributed by atoms with E-state index in [2.05, 4.69) is 36.2 Å². The van der Waals surface area contributed by atoms with E-state index in [1.807, 2.05) is 18.2 Å². The minimum Gasteiger partial charge on any atom is -0.384 e. The maximum absolute atomic E-state index is 3.37. The molecule has 0 saturated heterocycles. The Morgan fingerprint density at radius 3 is 2.67 bits per heavy atom. The van der Waals surface area contributed by atoms with Gasteiger partial charge in [-0.3, -0.25) is 0 Å². The normalized spacial score (nSPS) is 10.6. The molecule has 0 amide bonds. The molecule has 0 saturated carbocycles. The van der Waals surface area contributed by atoms with Gasteiger partial charge in [0.25, 0.3) is 0 Å². The Bertz CT molecular complexity index is 242. The number of nitrogens with one attached hydrogen (secondary N) is 1. The lowest BCUT2D eigenvalue weighted by Gasteiger charge is -2.17. The van der Waals surface area contributed by atoms with Gasteiger partial charge >= 0.3 is 0 Å². The number of nitrogens with zero attached hydrogens (tertiary/aromatic N) is 1. The van der Waals surface area contributed by atoms with Crippen LogP contribution in [0.15, 0.2) is 24.3 Å². The minimum atomic E-state index is 1.02. The van der Waals surface area contributed by atoms with Gasteiger partial charge in [-0.05, 0) is 32.1 Å². The third kappa shape index (κ3) is 4.84. The number of rotatable bonds is 7. The standard InChI is InChI=1S/C13H21N2/c1-3-15(4-2)12-8-11-14-13-9-6-5-7-10-13/h5-7,9,14H,3-4,8,11-12H2,1-2H3. The van der Waals surface area contributed by atoms with Gasteiger partial charge in [-0.15, -0.1) is 0 Å². The molecule has 1 radical (unpaired) electrons. The first-order valence-corrected chi connectivity index (χ1v) is 5.79. The van der Waals surface area contributed by atoms with Gasteiger partial charge in [0.05, 0.1) is 0 Å². The molecule has 2 heteroatoms. The van der Waals surface area contributed by atoms with E-state index in [0.29, 0.717) is 0 Å². The summed E-state index contributed by atoms with van der Waals surface area (Å²) in [5.74, 6) is 0. The molecule has 0 unspecified atom stereocenters. The third-order valence-electron chi connectivity index (χ3n) is 2.57. The second-order valence-corrected chi connectivity index (χ2v) is 3.58. The van der Waals surface area contributed by atoms with Crippen LogP contribution in [-0.2, 0) is 0 Å². The Balaban J connectivity index is 2.12. The highest BCUT2D eigenvalue weighted by molar-refractivity contribution is 5.40. The summed E-state index contributed by atoms with van der Waals surface area (Å²) < 4.78 is 0. The van der Waals surface area contributed by atoms with Crippen LogP contribution in [0.25, 0.3) is 0 Å². The minimum absolute atomic E-state index is 1.02. The average molecular weight is 205 g/mol. The first kappa shape index (κ1) is 12.1. The van der Waals surface area contributed by atoms with Gasteiger partial charge in [-0.25, -0.2) is 0 Å². The van der Waals surface area contributed by atoms with Crippen molar-refractivity contribution >= 4 is 5.69 Å². The zero-order chi connectivity index (χ0) is 10.9. The number of hydrogen-bond acceptors (Lipinski definition) is 2. The monoisotopic (exact) mass is 205 g/mol. The fourth-order valence-corrected chi connectivity index (χ4v) is 1.57. The lowest BCUT2D eigenvalue weighted by Crippen LogP contribution is -2.25. The second-order valence-electron chi connectivity index (χ2n) is 3.58. The summed E-state index contributed by atoms with van der Waals surface area (Å²) in [6.07, 6.45) is 1.18. The molecule has 1 N–H and O–H groups in total. The van der Waals surface area contributed by atoms with E-state index in [-0.39, 0.29) is 0 Å². The smallest absolute Gasteiger partial charge is 0.0420 e. The van der Waals surface area contributed by atoms with Gasteiger partial charge in [-0.2, -0.15) is 0 Å². The van der Waals surface area contributed by atoms with Gasteiger partial charge < -0.3 is 10.2 Å². The van der Waals surface area contributed by atoms with Crippen molar-refractivity contribution in [3.8, 4) is 0 Å². The van der Waals surface area contributed by atoms with Gasteiger partial charge in [0.1, 0.15) is 0 Å². The molecule has 0 heterocycles. The predicted octanol–water partition coefficient (Wildman–Crippen LogP) is 2.63. The fraction of sp³-hybridized carbons (Fsp3) is 0.538. The Labute approximate surface area is 93.3 Å². The Morgan fingerprint density at radius 1 is 1.27 bits per heavy atom. The highest BCUT2D eigenvalue weighted by atomic mass is 15.1. The molecule has 0 spiro atoms. The third-order valence-corrected chi connectivity index (χ3v) is 2.57. The predicted molar refractivity (Wildman–Crippen MR) is 66.2 cm³/mol. The number of para-hydroxylation sites is 1. The summed E-state index contributed by atoms with van der Waals surface area (Å²) in [7, 11) is 0. The van der Waals surface area contributed by atoms with Crippen molar-refractivity contribution in [3.63, 3.8) is 0 Å². The first-order chi connectivity index (χ1) is 7.36. The topological polar surface area (TPSA) is 15.3 Å². The first-order valence-electron chi connectivity index (χ1n) is 5.79. The molecule has 2 nitrogen and oxygen atoms in total. The Hall–Kier alpha value is -1.02. The summed E-state index contributed by atoms with van der Waals surface area (Å²) >= 11 is 0. The molecular weight excluding hydrogens is 184 g/mol. The van der Waals surface area contributed by atoms with Crippen LogP contribution in [0.5, 0.6) is 0 Å². The number of hydrogen-bond donors (Lipinski definition) is 1. The second kappa shape index (κ2) is 7.30. The molecule has 0 bridgehead atoms. The molecule has 0 atom stereocenters. The molecule has 83 valence electrons. The lowest BCUT2D eigenvalue weighted by molar-refractivity contribution is 0.303. The summed E-state index contributed by atoms with van der Waals surface area (Å²) in [6.45, 7) is 8.91. The maximum atomic E-state index is 3.37. The highest BCUT2D eigenvalue weighted by Crippen LogP contribution is 2.03. The largest absolute Gasteiger partial charge is 0.384 e. The van der Waals surface area contributed by atoms with Crippen LogP contribution in [0.3, 0.4) is 0 Å². The van der Waals surface area contributed by atoms with Crippen molar-refractivity contribution in [1.82, 2.24) is 4.90 Å². The fourth-order valence-electron chi connectivity index (χ4n) is 1.57. The zero-order valence-corrected chi connectivity index (χ0v) is 9.79. The lowest BCUT2D eigenvalue weighted by atomic mass is 10.3. The van der Waals surface area contributed by atoms with E-state index in [1.54, 1.807) is 0 Å². The molecule has 1 aromatic carbocycles. The molecule has 0 fully saturated rings. The van der Waals surface area contributed by atoms with E-state index in [9.17, 15) is 0 Å². The Kier molecular flexibility index (Phi) is 5.86. The molecule has 0 aromatic heterocycles. The Morgan fingerprint density at radius 2 is 2.07 bits per heavy atom.